The predicted molar refractivity (Wildman–Crippen MR) is 134 cm³/mol. The van der Waals surface area contributed by atoms with Gasteiger partial charge in [0.25, 0.3) is 5.91 Å². The van der Waals surface area contributed by atoms with Crippen LogP contribution in [-0.4, -0.2) is 83.6 Å². The number of benzene rings is 2. The summed E-state index contributed by atoms with van der Waals surface area (Å²) in [6, 6.07) is 11.4. The second kappa shape index (κ2) is 11.3. The van der Waals surface area contributed by atoms with Gasteiger partial charge in [-0.15, -0.1) is 0 Å². The Hall–Kier alpha value is -2.51. The summed E-state index contributed by atoms with van der Waals surface area (Å²) in [5.74, 6) is 0.299. The third-order valence-electron chi connectivity index (χ3n) is 6.37. The van der Waals surface area contributed by atoms with E-state index in [9.17, 15) is 21.6 Å². The highest BCUT2D eigenvalue weighted by atomic mass is 32.2. The first-order valence-electron chi connectivity index (χ1n) is 11.8. The zero-order valence-electron chi connectivity index (χ0n) is 20.2. The molecule has 2 aliphatic rings. The molecule has 1 fully saturated rings. The minimum absolute atomic E-state index is 0.0739. The van der Waals surface area contributed by atoms with E-state index in [1.165, 1.54) is 32.9 Å². The Balaban J connectivity index is 1.26. The molecule has 0 aromatic heterocycles. The molecule has 0 saturated carbocycles. The summed E-state index contributed by atoms with van der Waals surface area (Å²) in [5, 5.41) is 2.71. The van der Waals surface area contributed by atoms with Gasteiger partial charge < -0.3 is 14.8 Å². The van der Waals surface area contributed by atoms with Crippen molar-refractivity contribution < 1.29 is 31.1 Å². The number of amides is 1. The van der Waals surface area contributed by atoms with Gasteiger partial charge in [0.1, 0.15) is 5.75 Å². The third kappa shape index (κ3) is 6.06. The molecule has 0 atom stereocenters. The molecule has 0 spiro atoms. The van der Waals surface area contributed by atoms with Crippen LogP contribution >= 0.6 is 0 Å². The highest BCUT2D eigenvalue weighted by Gasteiger charge is 2.27. The van der Waals surface area contributed by atoms with Crippen LogP contribution in [0.15, 0.2) is 47.4 Å². The number of nitrogens with one attached hydrogen (secondary N) is 1. The molecule has 0 bridgehead atoms. The first kappa shape index (κ1) is 26.6. The number of morpholine rings is 1. The Labute approximate surface area is 212 Å². The molecule has 1 N–H and O–H groups in total. The lowest BCUT2D eigenvalue weighted by atomic mass is 10.0. The number of sulfonamides is 2. The molecule has 0 unspecified atom stereocenters. The van der Waals surface area contributed by atoms with E-state index in [1.54, 1.807) is 7.11 Å². The molecule has 4 rings (SSSR count). The summed E-state index contributed by atoms with van der Waals surface area (Å²) in [6.07, 6.45) is 0.892. The Morgan fingerprint density at radius 2 is 1.69 bits per heavy atom. The maximum absolute atomic E-state index is 12.8. The van der Waals surface area contributed by atoms with Crippen molar-refractivity contribution in [3.8, 4) is 5.75 Å². The van der Waals surface area contributed by atoms with Crippen molar-refractivity contribution in [3.05, 3.63) is 59.2 Å². The molecule has 2 aliphatic heterocycles. The lowest BCUT2D eigenvalue weighted by molar-refractivity contribution is 0.0730. The van der Waals surface area contributed by atoms with E-state index in [-0.39, 0.29) is 29.5 Å². The molecular weight excluding hydrogens is 506 g/mol. The van der Waals surface area contributed by atoms with Crippen molar-refractivity contribution in [1.29, 1.82) is 0 Å². The van der Waals surface area contributed by atoms with Gasteiger partial charge in [0.05, 0.1) is 31.0 Å². The van der Waals surface area contributed by atoms with Crippen LogP contribution in [0.5, 0.6) is 5.75 Å². The van der Waals surface area contributed by atoms with E-state index in [2.05, 4.69) is 5.32 Å². The normalized spacial score (nSPS) is 17.4. The number of hydrogen-bond acceptors (Lipinski definition) is 7. The second-order valence-corrected chi connectivity index (χ2v) is 12.7. The molecular formula is C24H31N3O7S2. The number of fused-ring (bicyclic) bond motifs is 1. The number of ether oxygens (including phenoxy) is 2. The number of rotatable bonds is 9. The molecule has 0 radical (unpaired) electrons. The average molecular weight is 538 g/mol. The fourth-order valence-corrected chi connectivity index (χ4v) is 7.15. The molecule has 1 saturated heterocycles. The zero-order valence-corrected chi connectivity index (χ0v) is 21.8. The maximum Gasteiger partial charge on any atom is 0.251 e. The van der Waals surface area contributed by atoms with E-state index >= 15 is 0 Å². The van der Waals surface area contributed by atoms with Crippen LogP contribution < -0.4 is 10.1 Å². The van der Waals surface area contributed by atoms with Gasteiger partial charge in [0.2, 0.25) is 20.0 Å². The SMILES string of the molecule is COc1ccc2c(c1)CCN(S(=O)(=O)CCCNC(=O)c1ccc(S(=O)(=O)N3CCOCC3)cc1)C2. The van der Waals surface area contributed by atoms with Crippen LogP contribution in [0.4, 0.5) is 0 Å². The minimum atomic E-state index is -3.63. The van der Waals surface area contributed by atoms with Crippen LogP contribution in [0.3, 0.4) is 0 Å². The summed E-state index contributed by atoms with van der Waals surface area (Å²) < 4.78 is 64.3. The summed E-state index contributed by atoms with van der Waals surface area (Å²) in [4.78, 5) is 12.6. The van der Waals surface area contributed by atoms with Crippen molar-refractivity contribution in [1.82, 2.24) is 13.9 Å². The van der Waals surface area contributed by atoms with Crippen molar-refractivity contribution in [2.75, 3.05) is 52.3 Å². The Morgan fingerprint density at radius 1 is 0.972 bits per heavy atom. The molecule has 2 aromatic rings. The van der Waals surface area contributed by atoms with E-state index in [0.29, 0.717) is 51.4 Å². The molecule has 0 aliphatic carbocycles. The monoisotopic (exact) mass is 537 g/mol. The van der Waals surface area contributed by atoms with Gasteiger partial charge in [-0.25, -0.2) is 16.8 Å². The molecule has 1 amide bonds. The van der Waals surface area contributed by atoms with Crippen LogP contribution in [-0.2, 0) is 37.7 Å². The molecule has 36 heavy (non-hydrogen) atoms. The summed E-state index contributed by atoms with van der Waals surface area (Å²) >= 11 is 0. The topological polar surface area (TPSA) is 122 Å². The molecule has 196 valence electrons. The van der Waals surface area contributed by atoms with Gasteiger partial charge in [-0.05, 0) is 60.4 Å². The van der Waals surface area contributed by atoms with Crippen molar-refractivity contribution in [2.24, 2.45) is 0 Å². The van der Waals surface area contributed by atoms with E-state index in [0.717, 1.165) is 16.9 Å². The standard InChI is InChI=1S/C24H31N3O7S2/c1-33-22-6-3-21-18-27(11-9-20(21)17-22)35(29,30)16-2-10-25-24(28)19-4-7-23(8-5-19)36(31,32)26-12-14-34-15-13-26/h3-8,17H,2,9-16,18H2,1H3,(H,25,28). The Morgan fingerprint density at radius 3 is 2.39 bits per heavy atom. The summed E-state index contributed by atoms with van der Waals surface area (Å²) in [7, 11) is -5.49. The van der Waals surface area contributed by atoms with Crippen molar-refractivity contribution >= 4 is 26.0 Å². The number of hydrogen-bond donors (Lipinski definition) is 1. The zero-order chi connectivity index (χ0) is 25.8. The third-order valence-corrected chi connectivity index (χ3v) is 10.2. The van der Waals surface area contributed by atoms with Crippen LogP contribution in [0.1, 0.15) is 27.9 Å². The predicted octanol–water partition coefficient (Wildman–Crippen LogP) is 1.22. The second-order valence-electron chi connectivity index (χ2n) is 8.68. The maximum atomic E-state index is 12.8. The number of carbonyl (C=O) groups excluding carboxylic acids is 1. The average Bonchev–Trinajstić information content (AvgIpc) is 2.91. The van der Waals surface area contributed by atoms with Gasteiger partial charge in [-0.3, -0.25) is 4.79 Å². The first-order chi connectivity index (χ1) is 17.2. The van der Waals surface area contributed by atoms with E-state index in [4.69, 9.17) is 9.47 Å². The summed E-state index contributed by atoms with van der Waals surface area (Å²) in [5.41, 5.74) is 2.37. The van der Waals surface area contributed by atoms with Crippen LogP contribution in [0, 0.1) is 0 Å². The van der Waals surface area contributed by atoms with Gasteiger partial charge in [-0.2, -0.15) is 8.61 Å². The highest BCUT2D eigenvalue weighted by Crippen LogP contribution is 2.25. The fraction of sp³-hybridized carbons (Fsp3) is 0.458. The van der Waals surface area contributed by atoms with E-state index in [1.807, 2.05) is 18.2 Å². The smallest absolute Gasteiger partial charge is 0.251 e. The van der Waals surface area contributed by atoms with Gasteiger partial charge >= 0.3 is 0 Å². The van der Waals surface area contributed by atoms with Crippen LogP contribution in [0.2, 0.25) is 0 Å². The fourth-order valence-electron chi connectivity index (χ4n) is 4.27. The lowest BCUT2D eigenvalue weighted by Gasteiger charge is -2.28. The Bertz CT molecular complexity index is 1290. The highest BCUT2D eigenvalue weighted by molar-refractivity contribution is 7.89. The van der Waals surface area contributed by atoms with Gasteiger partial charge in [-0.1, -0.05) is 6.07 Å². The molecule has 2 heterocycles. The summed E-state index contributed by atoms with van der Waals surface area (Å²) in [6.45, 7) is 2.24. The van der Waals surface area contributed by atoms with Crippen LogP contribution in [0.25, 0.3) is 0 Å². The molecule has 10 nitrogen and oxygen atoms in total. The first-order valence-corrected chi connectivity index (χ1v) is 14.9. The van der Waals surface area contributed by atoms with Gasteiger partial charge in [0.15, 0.2) is 0 Å². The number of nitrogens with zero attached hydrogens (tertiary/aromatic N) is 2. The lowest BCUT2D eigenvalue weighted by Crippen LogP contribution is -2.40. The van der Waals surface area contributed by atoms with E-state index < -0.39 is 20.0 Å². The van der Waals surface area contributed by atoms with Crippen molar-refractivity contribution in [2.45, 2.75) is 24.3 Å². The number of methoxy groups -OCH3 is 1. The van der Waals surface area contributed by atoms with Crippen molar-refractivity contribution in [3.63, 3.8) is 0 Å². The largest absolute Gasteiger partial charge is 0.497 e. The molecule has 12 heteroatoms. The number of carbonyl (C=O) groups is 1. The minimum Gasteiger partial charge on any atom is -0.497 e. The molecule has 2 aromatic carbocycles. The van der Waals surface area contributed by atoms with Gasteiger partial charge in [0, 0.05) is 38.3 Å². The Kier molecular flexibility index (Phi) is 8.30. The quantitative estimate of drug-likeness (QED) is 0.478.